The van der Waals surface area contributed by atoms with Gasteiger partial charge in [0.2, 0.25) is 0 Å². The van der Waals surface area contributed by atoms with Gasteiger partial charge in [0.05, 0.1) is 11.4 Å². The van der Waals surface area contributed by atoms with Crippen molar-refractivity contribution in [2.75, 3.05) is 17.8 Å². The van der Waals surface area contributed by atoms with Crippen LogP contribution in [0, 0.1) is 27.7 Å². The van der Waals surface area contributed by atoms with Crippen molar-refractivity contribution in [2.45, 2.75) is 46.4 Å². The molecule has 0 saturated heterocycles. The van der Waals surface area contributed by atoms with Crippen molar-refractivity contribution in [1.82, 2.24) is 14.5 Å². The van der Waals surface area contributed by atoms with Gasteiger partial charge >= 0.3 is 0 Å². The maximum Gasteiger partial charge on any atom is 0.265 e. The smallest absolute Gasteiger partial charge is 0.265 e. The van der Waals surface area contributed by atoms with E-state index in [9.17, 15) is 13.2 Å². The lowest BCUT2D eigenvalue weighted by Gasteiger charge is -2.17. The summed E-state index contributed by atoms with van der Waals surface area (Å²) < 4.78 is 30.9. The van der Waals surface area contributed by atoms with E-state index in [2.05, 4.69) is 9.71 Å². The number of sulfonamides is 1. The highest BCUT2D eigenvalue weighted by molar-refractivity contribution is 7.92. The van der Waals surface area contributed by atoms with E-state index in [4.69, 9.17) is 0 Å². The molecule has 0 atom stereocenters. The Kier molecular flexibility index (Phi) is 6.80. The van der Waals surface area contributed by atoms with Crippen LogP contribution in [0.5, 0.6) is 0 Å². The minimum Gasteiger partial charge on any atom is -0.345 e. The summed E-state index contributed by atoms with van der Waals surface area (Å²) in [5.41, 5.74) is 4.41. The quantitative estimate of drug-likeness (QED) is 0.540. The van der Waals surface area contributed by atoms with Crippen molar-refractivity contribution in [3.05, 3.63) is 51.7 Å². The molecule has 2 aromatic heterocycles. The third kappa shape index (κ3) is 4.59. The summed E-state index contributed by atoms with van der Waals surface area (Å²) in [7, 11) is -1.99. The first-order valence-corrected chi connectivity index (χ1v) is 12.8. The average Bonchev–Trinajstić information content (AvgIpc) is 3.22. The van der Waals surface area contributed by atoms with Gasteiger partial charge in [0.25, 0.3) is 15.9 Å². The molecule has 0 aliphatic rings. The summed E-state index contributed by atoms with van der Waals surface area (Å²) in [6, 6.07) is 7.23. The van der Waals surface area contributed by atoms with Crippen LogP contribution in [0.2, 0.25) is 0 Å². The van der Waals surface area contributed by atoms with Gasteiger partial charge in [-0.3, -0.25) is 9.52 Å². The van der Waals surface area contributed by atoms with Gasteiger partial charge in [-0.2, -0.15) is 0 Å². The van der Waals surface area contributed by atoms with Crippen LogP contribution in [0.15, 0.2) is 29.2 Å². The molecule has 0 unspecified atom stereocenters. The van der Waals surface area contributed by atoms with Gasteiger partial charge in [0.15, 0.2) is 0 Å². The van der Waals surface area contributed by atoms with E-state index < -0.39 is 10.0 Å². The largest absolute Gasteiger partial charge is 0.345 e. The minimum absolute atomic E-state index is 0.0495. The van der Waals surface area contributed by atoms with Crippen LogP contribution in [0.3, 0.4) is 0 Å². The van der Waals surface area contributed by atoms with E-state index in [1.54, 1.807) is 34.6 Å². The van der Waals surface area contributed by atoms with Crippen molar-refractivity contribution in [3.8, 4) is 10.7 Å². The second kappa shape index (κ2) is 9.07. The third-order valence-corrected chi connectivity index (χ3v) is 8.18. The molecule has 9 heteroatoms. The number of rotatable bonds is 7. The lowest BCUT2D eigenvalue weighted by atomic mass is 10.1. The molecular formula is C23H30N4O3S2. The van der Waals surface area contributed by atoms with Gasteiger partial charge in [0, 0.05) is 31.5 Å². The Balaban J connectivity index is 2.00. The summed E-state index contributed by atoms with van der Waals surface area (Å²) in [6.07, 6.45) is 0. The molecule has 0 radical (unpaired) electrons. The van der Waals surface area contributed by atoms with Crippen LogP contribution in [0.25, 0.3) is 10.7 Å². The van der Waals surface area contributed by atoms with Crippen molar-refractivity contribution in [3.63, 3.8) is 0 Å². The Morgan fingerprint density at radius 2 is 1.66 bits per heavy atom. The molecule has 1 amide bonds. The zero-order valence-electron chi connectivity index (χ0n) is 19.6. The monoisotopic (exact) mass is 474 g/mol. The Morgan fingerprint density at radius 3 is 2.22 bits per heavy atom. The fourth-order valence-corrected chi connectivity index (χ4v) is 6.17. The number of nitrogens with zero attached hydrogens (tertiary/aromatic N) is 3. The van der Waals surface area contributed by atoms with Crippen LogP contribution in [-0.2, 0) is 17.1 Å². The number of benzene rings is 1. The van der Waals surface area contributed by atoms with Crippen molar-refractivity contribution in [1.29, 1.82) is 0 Å². The van der Waals surface area contributed by atoms with Crippen molar-refractivity contribution in [2.24, 2.45) is 7.05 Å². The van der Waals surface area contributed by atoms with E-state index in [1.807, 2.05) is 47.7 Å². The number of hydrogen-bond donors (Lipinski definition) is 1. The van der Waals surface area contributed by atoms with Crippen molar-refractivity contribution < 1.29 is 13.2 Å². The molecule has 3 rings (SSSR count). The topological polar surface area (TPSA) is 84.3 Å². The van der Waals surface area contributed by atoms with Gasteiger partial charge in [-0.15, -0.1) is 11.3 Å². The highest BCUT2D eigenvalue weighted by Crippen LogP contribution is 2.33. The van der Waals surface area contributed by atoms with E-state index in [0.717, 1.165) is 11.1 Å². The Labute approximate surface area is 194 Å². The summed E-state index contributed by atoms with van der Waals surface area (Å²) in [5, 5.41) is 0.622. The number of carbonyl (C=O) groups is 1. The molecule has 1 aromatic carbocycles. The Hall–Kier alpha value is -2.65. The number of nitrogens with one attached hydrogen (secondary N) is 1. The van der Waals surface area contributed by atoms with Gasteiger partial charge in [-0.25, -0.2) is 13.4 Å². The molecule has 7 nitrogen and oxygen atoms in total. The SMILES string of the molecule is CCN(CC)C(=O)c1sc(-c2cc(S(=O)(=O)Nc3cc(C)cc(C)c3)c(C)n2C)nc1C. The first-order chi connectivity index (χ1) is 15.0. The summed E-state index contributed by atoms with van der Waals surface area (Å²) >= 11 is 1.30. The van der Waals surface area contributed by atoms with E-state index in [1.165, 1.54) is 11.3 Å². The molecule has 32 heavy (non-hydrogen) atoms. The summed E-state index contributed by atoms with van der Waals surface area (Å²) in [4.78, 5) is 20.0. The molecule has 0 fully saturated rings. The van der Waals surface area contributed by atoms with Crippen LogP contribution in [0.1, 0.15) is 46.0 Å². The second-order valence-corrected chi connectivity index (χ2v) is 10.6. The number of hydrogen-bond acceptors (Lipinski definition) is 5. The molecule has 0 aliphatic heterocycles. The molecule has 0 bridgehead atoms. The number of thiazole rings is 1. The lowest BCUT2D eigenvalue weighted by Crippen LogP contribution is -2.30. The highest BCUT2D eigenvalue weighted by atomic mass is 32.2. The molecule has 2 heterocycles. The average molecular weight is 475 g/mol. The lowest BCUT2D eigenvalue weighted by molar-refractivity contribution is 0.0777. The number of carbonyl (C=O) groups excluding carboxylic acids is 1. The van der Waals surface area contributed by atoms with Crippen LogP contribution >= 0.6 is 11.3 Å². The minimum atomic E-state index is -3.80. The zero-order valence-corrected chi connectivity index (χ0v) is 21.2. The number of aromatic nitrogens is 2. The summed E-state index contributed by atoms with van der Waals surface area (Å²) in [5.74, 6) is -0.0495. The molecule has 0 aliphatic carbocycles. The molecule has 172 valence electrons. The fraction of sp³-hybridized carbons (Fsp3) is 0.391. The van der Waals surface area contributed by atoms with Gasteiger partial charge < -0.3 is 9.47 Å². The van der Waals surface area contributed by atoms with E-state index in [-0.39, 0.29) is 10.8 Å². The van der Waals surface area contributed by atoms with Crippen LogP contribution in [0.4, 0.5) is 5.69 Å². The Bertz CT molecular complexity index is 1250. The maximum atomic E-state index is 13.2. The molecular weight excluding hydrogens is 444 g/mol. The molecule has 0 saturated carbocycles. The van der Waals surface area contributed by atoms with E-state index in [0.29, 0.717) is 45.7 Å². The van der Waals surface area contributed by atoms with Crippen LogP contribution < -0.4 is 4.72 Å². The van der Waals surface area contributed by atoms with Gasteiger partial charge in [-0.1, -0.05) is 6.07 Å². The van der Waals surface area contributed by atoms with Crippen molar-refractivity contribution >= 4 is 33.0 Å². The van der Waals surface area contributed by atoms with Crippen LogP contribution in [-0.4, -0.2) is 41.9 Å². The molecule has 1 N–H and O–H groups in total. The molecule has 0 spiro atoms. The fourth-order valence-electron chi connectivity index (χ4n) is 3.75. The third-order valence-electron chi connectivity index (χ3n) is 5.51. The normalized spacial score (nSPS) is 11.6. The number of amides is 1. The molecule has 3 aromatic rings. The number of aryl methyl sites for hydroxylation is 3. The standard InChI is InChI=1S/C23H30N4O3S2/c1-8-27(9-2)23(28)21-16(5)24-22(31-21)19-13-20(17(6)26(19)7)32(29,30)25-18-11-14(3)10-15(4)12-18/h10-13,25H,8-9H2,1-7H3. The highest BCUT2D eigenvalue weighted by Gasteiger charge is 2.26. The van der Waals surface area contributed by atoms with Gasteiger partial charge in [-0.05, 0) is 70.9 Å². The second-order valence-electron chi connectivity index (χ2n) is 7.93. The predicted octanol–water partition coefficient (Wildman–Crippen LogP) is 4.67. The number of anilines is 1. The zero-order chi connectivity index (χ0) is 23.8. The maximum absolute atomic E-state index is 13.2. The summed E-state index contributed by atoms with van der Waals surface area (Å²) in [6.45, 7) is 12.6. The van der Waals surface area contributed by atoms with E-state index >= 15 is 0 Å². The van der Waals surface area contributed by atoms with Gasteiger partial charge in [0.1, 0.15) is 14.8 Å². The Morgan fingerprint density at radius 1 is 1.06 bits per heavy atom. The predicted molar refractivity (Wildman–Crippen MR) is 130 cm³/mol. The first kappa shape index (κ1) is 24.0. The first-order valence-electron chi connectivity index (χ1n) is 10.5.